The molecule has 0 unspecified atom stereocenters. The van der Waals surface area contributed by atoms with Crippen molar-refractivity contribution >= 4 is 16.5 Å². The molecule has 0 aliphatic heterocycles. The second-order valence-electron chi connectivity index (χ2n) is 3.04. The van der Waals surface area contributed by atoms with E-state index < -0.39 is 0 Å². The highest BCUT2D eigenvalue weighted by Gasteiger charge is 2.07. The highest BCUT2D eigenvalue weighted by atomic mass is 19.1. The van der Waals surface area contributed by atoms with E-state index in [1.807, 2.05) is 0 Å². The van der Waals surface area contributed by atoms with Gasteiger partial charge in [0.1, 0.15) is 11.6 Å². The molecule has 2 nitrogen and oxygen atoms in total. The standard InChI is InChI=1S/C11H10FNO/c1-13-9-4-2-3-7-10(14)6-5-8(12)11(7)9/h2-6,13-14H,1H3. The van der Waals surface area contributed by atoms with Crippen LogP contribution in [0.2, 0.25) is 0 Å². The number of hydrogen-bond donors (Lipinski definition) is 2. The number of hydrogen-bond acceptors (Lipinski definition) is 2. The minimum absolute atomic E-state index is 0.0958. The van der Waals surface area contributed by atoms with Crippen LogP contribution in [-0.2, 0) is 0 Å². The van der Waals surface area contributed by atoms with Gasteiger partial charge in [-0.3, -0.25) is 0 Å². The summed E-state index contributed by atoms with van der Waals surface area (Å²) < 4.78 is 13.5. The van der Waals surface area contributed by atoms with E-state index in [2.05, 4.69) is 5.32 Å². The highest BCUT2D eigenvalue weighted by Crippen LogP contribution is 2.31. The molecule has 0 amide bonds. The van der Waals surface area contributed by atoms with Crippen LogP contribution in [0.5, 0.6) is 5.75 Å². The Labute approximate surface area is 81.0 Å². The van der Waals surface area contributed by atoms with Gasteiger partial charge in [-0.15, -0.1) is 0 Å². The van der Waals surface area contributed by atoms with Crippen LogP contribution in [0.4, 0.5) is 10.1 Å². The van der Waals surface area contributed by atoms with Crippen LogP contribution >= 0.6 is 0 Å². The molecule has 2 aromatic carbocycles. The molecule has 0 bridgehead atoms. The molecule has 0 fully saturated rings. The van der Waals surface area contributed by atoms with Gasteiger partial charge in [-0.05, 0) is 18.2 Å². The normalized spacial score (nSPS) is 10.4. The van der Waals surface area contributed by atoms with Crippen molar-refractivity contribution in [1.29, 1.82) is 0 Å². The van der Waals surface area contributed by atoms with Gasteiger partial charge < -0.3 is 10.4 Å². The van der Waals surface area contributed by atoms with Gasteiger partial charge in [0.15, 0.2) is 0 Å². The Kier molecular flexibility index (Phi) is 2.00. The van der Waals surface area contributed by atoms with Crippen LogP contribution in [0.3, 0.4) is 0 Å². The van der Waals surface area contributed by atoms with Crippen LogP contribution < -0.4 is 5.32 Å². The minimum Gasteiger partial charge on any atom is -0.507 e. The lowest BCUT2D eigenvalue weighted by atomic mass is 10.1. The third kappa shape index (κ3) is 1.18. The van der Waals surface area contributed by atoms with Crippen molar-refractivity contribution in [3.8, 4) is 5.75 Å². The Morgan fingerprint density at radius 1 is 1.21 bits per heavy atom. The van der Waals surface area contributed by atoms with Crippen LogP contribution in [0.1, 0.15) is 0 Å². The van der Waals surface area contributed by atoms with E-state index in [-0.39, 0.29) is 11.6 Å². The lowest BCUT2D eigenvalue weighted by Gasteiger charge is -2.07. The smallest absolute Gasteiger partial charge is 0.133 e. The zero-order valence-electron chi connectivity index (χ0n) is 7.71. The van der Waals surface area contributed by atoms with Crippen molar-refractivity contribution in [2.45, 2.75) is 0 Å². The van der Waals surface area contributed by atoms with Crippen molar-refractivity contribution in [1.82, 2.24) is 0 Å². The number of benzene rings is 2. The summed E-state index contributed by atoms with van der Waals surface area (Å²) in [5.74, 6) is -0.235. The van der Waals surface area contributed by atoms with Crippen LogP contribution in [0.15, 0.2) is 30.3 Å². The monoisotopic (exact) mass is 191 g/mol. The summed E-state index contributed by atoms with van der Waals surface area (Å²) in [6.45, 7) is 0. The Hall–Kier alpha value is -1.77. The van der Waals surface area contributed by atoms with Crippen molar-refractivity contribution in [2.24, 2.45) is 0 Å². The first-order chi connectivity index (χ1) is 6.74. The Bertz CT molecular complexity index is 482. The van der Waals surface area contributed by atoms with Gasteiger partial charge in [0, 0.05) is 23.5 Å². The van der Waals surface area contributed by atoms with E-state index in [0.29, 0.717) is 16.5 Å². The second-order valence-corrected chi connectivity index (χ2v) is 3.04. The zero-order chi connectivity index (χ0) is 10.1. The van der Waals surface area contributed by atoms with Crippen LogP contribution in [0.25, 0.3) is 10.8 Å². The fourth-order valence-electron chi connectivity index (χ4n) is 1.56. The number of fused-ring (bicyclic) bond motifs is 1. The van der Waals surface area contributed by atoms with Gasteiger partial charge >= 0.3 is 0 Å². The summed E-state index contributed by atoms with van der Waals surface area (Å²) in [6.07, 6.45) is 0. The van der Waals surface area contributed by atoms with E-state index in [1.54, 1.807) is 25.2 Å². The second kappa shape index (κ2) is 3.18. The molecule has 2 aromatic rings. The summed E-state index contributed by atoms with van der Waals surface area (Å²) in [5.41, 5.74) is 0.677. The molecular formula is C11H10FNO. The molecule has 0 saturated carbocycles. The summed E-state index contributed by atoms with van der Waals surface area (Å²) in [6, 6.07) is 7.85. The number of phenolic OH excluding ortho intramolecular Hbond substituents is 1. The third-order valence-electron chi connectivity index (χ3n) is 2.24. The maximum Gasteiger partial charge on any atom is 0.133 e. The van der Waals surface area contributed by atoms with E-state index in [4.69, 9.17) is 0 Å². The quantitative estimate of drug-likeness (QED) is 0.726. The molecule has 0 radical (unpaired) electrons. The predicted molar refractivity (Wildman–Crippen MR) is 55.1 cm³/mol. The van der Waals surface area contributed by atoms with E-state index in [1.165, 1.54) is 12.1 Å². The van der Waals surface area contributed by atoms with Crippen molar-refractivity contribution < 1.29 is 9.50 Å². The van der Waals surface area contributed by atoms with Crippen LogP contribution in [0, 0.1) is 5.82 Å². The van der Waals surface area contributed by atoms with E-state index in [0.717, 1.165) is 0 Å². The molecule has 0 aliphatic rings. The van der Waals surface area contributed by atoms with Gasteiger partial charge in [-0.2, -0.15) is 0 Å². The molecule has 0 spiro atoms. The van der Waals surface area contributed by atoms with Gasteiger partial charge in [0.25, 0.3) is 0 Å². The first-order valence-electron chi connectivity index (χ1n) is 4.32. The molecule has 2 rings (SSSR count). The molecule has 0 saturated heterocycles. The number of nitrogens with one attached hydrogen (secondary N) is 1. The number of rotatable bonds is 1. The molecule has 0 aliphatic carbocycles. The summed E-state index contributed by atoms with van der Waals surface area (Å²) in [4.78, 5) is 0. The van der Waals surface area contributed by atoms with Crippen molar-refractivity contribution in [3.05, 3.63) is 36.1 Å². The summed E-state index contributed by atoms with van der Waals surface area (Å²) >= 11 is 0. The number of anilines is 1. The zero-order valence-corrected chi connectivity index (χ0v) is 7.71. The molecule has 3 heteroatoms. The molecule has 2 N–H and O–H groups in total. The van der Waals surface area contributed by atoms with E-state index >= 15 is 0 Å². The molecule has 0 heterocycles. The molecule has 72 valence electrons. The Balaban J connectivity index is 2.92. The maximum absolute atomic E-state index is 13.5. The van der Waals surface area contributed by atoms with E-state index in [9.17, 15) is 9.50 Å². The molecular weight excluding hydrogens is 181 g/mol. The third-order valence-corrected chi connectivity index (χ3v) is 2.24. The lowest BCUT2D eigenvalue weighted by Crippen LogP contribution is -1.91. The highest BCUT2D eigenvalue weighted by molar-refractivity contribution is 5.97. The van der Waals surface area contributed by atoms with Gasteiger partial charge in [0.2, 0.25) is 0 Å². The summed E-state index contributed by atoms with van der Waals surface area (Å²) in [7, 11) is 1.72. The van der Waals surface area contributed by atoms with Crippen molar-refractivity contribution in [3.63, 3.8) is 0 Å². The van der Waals surface area contributed by atoms with Gasteiger partial charge in [-0.25, -0.2) is 4.39 Å². The number of halogens is 1. The van der Waals surface area contributed by atoms with Gasteiger partial charge in [0.05, 0.1) is 0 Å². The average molecular weight is 191 g/mol. The Morgan fingerprint density at radius 2 is 2.00 bits per heavy atom. The fourth-order valence-corrected chi connectivity index (χ4v) is 1.56. The van der Waals surface area contributed by atoms with Crippen molar-refractivity contribution in [2.75, 3.05) is 12.4 Å². The minimum atomic E-state index is -0.331. The number of aromatic hydroxyl groups is 1. The predicted octanol–water partition coefficient (Wildman–Crippen LogP) is 2.73. The van der Waals surface area contributed by atoms with Gasteiger partial charge in [-0.1, -0.05) is 12.1 Å². The lowest BCUT2D eigenvalue weighted by molar-refractivity contribution is 0.480. The average Bonchev–Trinajstić information content (AvgIpc) is 2.23. The van der Waals surface area contributed by atoms with Crippen LogP contribution in [-0.4, -0.2) is 12.2 Å². The number of phenols is 1. The fraction of sp³-hybridized carbons (Fsp3) is 0.0909. The first kappa shape index (κ1) is 8.81. The SMILES string of the molecule is CNc1cccc2c(O)ccc(F)c12. The molecule has 0 aromatic heterocycles. The molecule has 0 atom stereocenters. The largest absolute Gasteiger partial charge is 0.507 e. The Morgan fingerprint density at radius 3 is 2.71 bits per heavy atom. The molecule has 14 heavy (non-hydrogen) atoms. The maximum atomic E-state index is 13.5. The first-order valence-corrected chi connectivity index (χ1v) is 4.32. The summed E-state index contributed by atoms with van der Waals surface area (Å²) in [5, 5.41) is 13.4. The topological polar surface area (TPSA) is 32.3 Å².